The van der Waals surface area contributed by atoms with Crippen LogP contribution in [0.3, 0.4) is 0 Å². The van der Waals surface area contributed by atoms with E-state index in [0.717, 1.165) is 25.0 Å². The van der Waals surface area contributed by atoms with Crippen molar-refractivity contribution in [3.8, 4) is 0 Å². The number of hydrogen-bond donors (Lipinski definition) is 1. The van der Waals surface area contributed by atoms with E-state index in [-0.39, 0.29) is 12.0 Å². The molecule has 0 fully saturated rings. The first-order valence-corrected chi connectivity index (χ1v) is 5.97. The standard InChI is InChI=1S/C14H24O2/c1-11(9-15)5-6-12-7-8-13(10-16-4)14(12,2)3/h5,8,12,15H,6-7,9-10H2,1-4H3/b11-5+. The highest BCUT2D eigenvalue weighted by atomic mass is 16.5. The average molecular weight is 224 g/mol. The average Bonchev–Trinajstić information content (AvgIpc) is 2.52. The number of methoxy groups -OCH3 is 1. The van der Waals surface area contributed by atoms with Crippen LogP contribution in [0.25, 0.3) is 0 Å². The second kappa shape index (κ2) is 5.65. The molecule has 0 amide bonds. The minimum absolute atomic E-state index is 0.172. The zero-order valence-electron chi connectivity index (χ0n) is 10.9. The summed E-state index contributed by atoms with van der Waals surface area (Å²) in [4.78, 5) is 0. The van der Waals surface area contributed by atoms with Gasteiger partial charge >= 0.3 is 0 Å². The predicted molar refractivity (Wildman–Crippen MR) is 67.3 cm³/mol. The molecule has 0 saturated heterocycles. The van der Waals surface area contributed by atoms with Crippen molar-refractivity contribution in [1.82, 2.24) is 0 Å². The molecule has 92 valence electrons. The maximum atomic E-state index is 8.97. The van der Waals surface area contributed by atoms with Gasteiger partial charge in [-0.25, -0.2) is 0 Å². The number of aliphatic hydroxyl groups is 1. The molecule has 1 aliphatic rings. The van der Waals surface area contributed by atoms with Crippen LogP contribution in [0.1, 0.15) is 33.6 Å². The van der Waals surface area contributed by atoms with Gasteiger partial charge in [0, 0.05) is 7.11 Å². The van der Waals surface area contributed by atoms with Crippen molar-refractivity contribution in [1.29, 1.82) is 0 Å². The molecule has 0 aromatic heterocycles. The molecular weight excluding hydrogens is 200 g/mol. The molecule has 2 heteroatoms. The lowest BCUT2D eigenvalue weighted by molar-refractivity contribution is 0.189. The van der Waals surface area contributed by atoms with Crippen LogP contribution >= 0.6 is 0 Å². The van der Waals surface area contributed by atoms with Crippen LogP contribution in [-0.4, -0.2) is 25.4 Å². The lowest BCUT2D eigenvalue weighted by atomic mass is 9.75. The molecule has 1 aliphatic carbocycles. The minimum Gasteiger partial charge on any atom is -0.392 e. The van der Waals surface area contributed by atoms with Crippen molar-refractivity contribution in [2.24, 2.45) is 11.3 Å². The van der Waals surface area contributed by atoms with E-state index in [0.29, 0.717) is 5.92 Å². The van der Waals surface area contributed by atoms with E-state index in [1.807, 2.05) is 6.92 Å². The topological polar surface area (TPSA) is 29.5 Å². The van der Waals surface area contributed by atoms with E-state index in [2.05, 4.69) is 26.0 Å². The smallest absolute Gasteiger partial charge is 0.0678 e. The molecule has 0 aromatic rings. The number of ether oxygens (including phenoxy) is 1. The maximum absolute atomic E-state index is 8.97. The molecule has 0 aromatic carbocycles. The molecule has 0 spiro atoms. The Morgan fingerprint density at radius 3 is 2.88 bits per heavy atom. The number of hydrogen-bond acceptors (Lipinski definition) is 2. The molecule has 0 heterocycles. The summed E-state index contributed by atoms with van der Waals surface area (Å²) >= 11 is 0. The fourth-order valence-corrected chi connectivity index (χ4v) is 2.30. The van der Waals surface area contributed by atoms with Crippen molar-refractivity contribution < 1.29 is 9.84 Å². The van der Waals surface area contributed by atoms with Gasteiger partial charge < -0.3 is 9.84 Å². The Hall–Kier alpha value is -0.600. The van der Waals surface area contributed by atoms with Crippen molar-refractivity contribution in [3.63, 3.8) is 0 Å². The molecule has 0 radical (unpaired) electrons. The Balaban J connectivity index is 2.60. The first-order valence-electron chi connectivity index (χ1n) is 5.97. The lowest BCUT2D eigenvalue weighted by Gasteiger charge is -2.30. The summed E-state index contributed by atoms with van der Waals surface area (Å²) in [6.07, 6.45) is 6.65. The first-order chi connectivity index (χ1) is 7.52. The largest absolute Gasteiger partial charge is 0.392 e. The monoisotopic (exact) mass is 224 g/mol. The van der Waals surface area contributed by atoms with Gasteiger partial charge in [0.1, 0.15) is 0 Å². The molecule has 0 saturated carbocycles. The van der Waals surface area contributed by atoms with Crippen LogP contribution in [0.4, 0.5) is 0 Å². The fourth-order valence-electron chi connectivity index (χ4n) is 2.30. The fraction of sp³-hybridized carbons (Fsp3) is 0.714. The van der Waals surface area contributed by atoms with Crippen LogP contribution in [0.2, 0.25) is 0 Å². The Kier molecular flexibility index (Phi) is 4.75. The van der Waals surface area contributed by atoms with E-state index >= 15 is 0 Å². The van der Waals surface area contributed by atoms with Crippen LogP contribution in [-0.2, 0) is 4.74 Å². The van der Waals surface area contributed by atoms with Crippen molar-refractivity contribution >= 4 is 0 Å². The maximum Gasteiger partial charge on any atom is 0.0678 e. The van der Waals surface area contributed by atoms with Gasteiger partial charge in [-0.05, 0) is 36.7 Å². The zero-order chi connectivity index (χ0) is 12.2. The molecule has 0 bridgehead atoms. The third-order valence-electron chi connectivity index (χ3n) is 3.80. The summed E-state index contributed by atoms with van der Waals surface area (Å²) < 4.78 is 5.23. The minimum atomic E-state index is 0.172. The Morgan fingerprint density at radius 1 is 1.62 bits per heavy atom. The van der Waals surface area contributed by atoms with Gasteiger partial charge in [0.2, 0.25) is 0 Å². The highest BCUT2D eigenvalue weighted by Crippen LogP contribution is 2.45. The van der Waals surface area contributed by atoms with Crippen molar-refractivity contribution in [2.45, 2.75) is 33.6 Å². The molecule has 1 N–H and O–H groups in total. The molecule has 0 aliphatic heterocycles. The summed E-state index contributed by atoms with van der Waals surface area (Å²) in [5.41, 5.74) is 2.70. The highest BCUT2D eigenvalue weighted by Gasteiger charge is 2.35. The van der Waals surface area contributed by atoms with Gasteiger partial charge in [-0.2, -0.15) is 0 Å². The van der Waals surface area contributed by atoms with E-state index in [4.69, 9.17) is 9.84 Å². The third-order valence-corrected chi connectivity index (χ3v) is 3.80. The van der Waals surface area contributed by atoms with Crippen LogP contribution < -0.4 is 0 Å². The lowest BCUT2D eigenvalue weighted by Crippen LogP contribution is -2.23. The van der Waals surface area contributed by atoms with E-state index in [1.165, 1.54) is 5.57 Å². The Morgan fingerprint density at radius 2 is 2.31 bits per heavy atom. The zero-order valence-corrected chi connectivity index (χ0v) is 10.9. The SMILES string of the molecule is COCC1=CCC(C/C=C(\C)CO)C1(C)C. The second-order valence-electron chi connectivity index (χ2n) is 5.26. The quantitative estimate of drug-likeness (QED) is 0.728. The van der Waals surface area contributed by atoms with Gasteiger partial charge in [-0.15, -0.1) is 0 Å². The van der Waals surface area contributed by atoms with E-state index < -0.39 is 0 Å². The van der Waals surface area contributed by atoms with Crippen LogP contribution in [0.5, 0.6) is 0 Å². The number of rotatable bonds is 5. The predicted octanol–water partition coefficient (Wildman–Crippen LogP) is 2.93. The van der Waals surface area contributed by atoms with Crippen molar-refractivity contribution in [2.75, 3.05) is 20.3 Å². The van der Waals surface area contributed by atoms with Gasteiger partial charge in [0.25, 0.3) is 0 Å². The summed E-state index contributed by atoms with van der Waals surface area (Å²) in [5.74, 6) is 0.638. The summed E-state index contributed by atoms with van der Waals surface area (Å²) in [6, 6.07) is 0. The van der Waals surface area contributed by atoms with Crippen LogP contribution in [0.15, 0.2) is 23.3 Å². The summed E-state index contributed by atoms with van der Waals surface area (Å²) in [7, 11) is 1.75. The van der Waals surface area contributed by atoms with Gasteiger partial charge in [0.15, 0.2) is 0 Å². The Bertz CT molecular complexity index is 287. The molecule has 1 unspecified atom stereocenters. The number of allylic oxidation sites excluding steroid dienone is 2. The van der Waals surface area contributed by atoms with E-state index in [1.54, 1.807) is 7.11 Å². The van der Waals surface area contributed by atoms with Gasteiger partial charge in [0.05, 0.1) is 13.2 Å². The van der Waals surface area contributed by atoms with Gasteiger partial charge in [-0.1, -0.05) is 31.6 Å². The molecule has 16 heavy (non-hydrogen) atoms. The molecule has 1 atom stereocenters. The molecule has 1 rings (SSSR count). The second-order valence-corrected chi connectivity index (χ2v) is 5.26. The normalized spacial score (nSPS) is 24.7. The van der Waals surface area contributed by atoms with E-state index in [9.17, 15) is 0 Å². The van der Waals surface area contributed by atoms with Crippen LogP contribution in [0, 0.1) is 11.3 Å². The first kappa shape index (κ1) is 13.5. The third kappa shape index (κ3) is 2.96. The molecular formula is C14H24O2. The van der Waals surface area contributed by atoms with Gasteiger partial charge in [-0.3, -0.25) is 0 Å². The highest BCUT2D eigenvalue weighted by molar-refractivity contribution is 5.22. The summed E-state index contributed by atoms with van der Waals surface area (Å²) in [6.45, 7) is 7.47. The molecule has 2 nitrogen and oxygen atoms in total. The van der Waals surface area contributed by atoms with Crippen molar-refractivity contribution in [3.05, 3.63) is 23.3 Å². The summed E-state index contributed by atoms with van der Waals surface area (Å²) in [5, 5.41) is 8.97. The number of aliphatic hydroxyl groups excluding tert-OH is 1. The Labute approximate surface area is 99.0 Å².